The largest absolute Gasteiger partial charge is 0.377 e. The first-order valence-corrected chi connectivity index (χ1v) is 8.96. The minimum atomic E-state index is -0.0528. The summed E-state index contributed by atoms with van der Waals surface area (Å²) in [6, 6.07) is 4.34. The monoisotopic (exact) mass is 343 g/mol. The van der Waals surface area contributed by atoms with E-state index in [1.165, 1.54) is 5.56 Å². The third kappa shape index (κ3) is 3.16. The van der Waals surface area contributed by atoms with Crippen LogP contribution in [0.15, 0.2) is 29.3 Å². The molecule has 0 aromatic carbocycles. The number of pyridine rings is 1. The second-order valence-electron chi connectivity index (χ2n) is 7.00. The summed E-state index contributed by atoms with van der Waals surface area (Å²) in [5.41, 5.74) is 2.13. The highest BCUT2D eigenvalue weighted by Crippen LogP contribution is 2.35. The van der Waals surface area contributed by atoms with Gasteiger partial charge in [0.1, 0.15) is 5.82 Å². The number of H-pyrrole nitrogens is 1. The maximum atomic E-state index is 12.3. The number of nitrogens with one attached hydrogen (secondary N) is 1. The topological polar surface area (TPSA) is 66.4 Å². The van der Waals surface area contributed by atoms with Crippen molar-refractivity contribution in [1.29, 1.82) is 0 Å². The van der Waals surface area contributed by atoms with Crippen molar-refractivity contribution in [3.63, 3.8) is 0 Å². The summed E-state index contributed by atoms with van der Waals surface area (Å²) < 4.78 is 7.36. The molecule has 2 aromatic rings. The van der Waals surface area contributed by atoms with Gasteiger partial charge >= 0.3 is 0 Å². The highest BCUT2D eigenvalue weighted by atomic mass is 16.5. The molecule has 0 bridgehead atoms. The van der Waals surface area contributed by atoms with Crippen molar-refractivity contribution in [2.24, 2.45) is 7.05 Å². The van der Waals surface area contributed by atoms with E-state index in [4.69, 9.17) is 4.74 Å². The maximum Gasteiger partial charge on any atom is 0.251 e. The van der Waals surface area contributed by atoms with Crippen LogP contribution in [0, 0.1) is 0 Å². The van der Waals surface area contributed by atoms with Crippen molar-refractivity contribution in [2.45, 2.75) is 31.8 Å². The van der Waals surface area contributed by atoms with E-state index in [0.717, 1.165) is 37.4 Å². The average Bonchev–Trinajstić information content (AvgIpc) is 3.23. The van der Waals surface area contributed by atoms with Crippen LogP contribution >= 0.6 is 0 Å². The van der Waals surface area contributed by atoms with Crippen LogP contribution in [0.4, 0.5) is 11.5 Å². The number of ether oxygens (including phenoxy) is 1. The Balaban J connectivity index is 1.66. The summed E-state index contributed by atoms with van der Waals surface area (Å²) >= 11 is 0. The highest BCUT2D eigenvalue weighted by molar-refractivity contribution is 5.57. The third-order valence-electron chi connectivity index (χ3n) is 5.19. The van der Waals surface area contributed by atoms with E-state index in [-0.39, 0.29) is 17.6 Å². The molecule has 0 aliphatic carbocycles. The van der Waals surface area contributed by atoms with Crippen LogP contribution in [0.1, 0.15) is 31.4 Å². The van der Waals surface area contributed by atoms with Gasteiger partial charge in [-0.15, -0.1) is 0 Å². The van der Waals surface area contributed by atoms with E-state index in [2.05, 4.69) is 39.1 Å². The van der Waals surface area contributed by atoms with Gasteiger partial charge in [0.15, 0.2) is 0 Å². The second-order valence-corrected chi connectivity index (χ2v) is 7.00. The Bertz CT molecular complexity index is 799. The molecular weight excluding hydrogens is 318 g/mol. The van der Waals surface area contributed by atoms with E-state index >= 15 is 0 Å². The summed E-state index contributed by atoms with van der Waals surface area (Å²) in [6.07, 6.45) is 6.18. The molecule has 0 radical (unpaired) electrons. The Morgan fingerprint density at radius 3 is 2.92 bits per heavy atom. The number of hydrogen-bond donors (Lipinski definition) is 1. The van der Waals surface area contributed by atoms with Crippen LogP contribution in [0.3, 0.4) is 0 Å². The number of anilines is 2. The van der Waals surface area contributed by atoms with Crippen molar-refractivity contribution in [1.82, 2.24) is 14.8 Å². The maximum absolute atomic E-state index is 12.3. The number of rotatable bonds is 3. The zero-order valence-corrected chi connectivity index (χ0v) is 14.8. The molecule has 2 aliphatic heterocycles. The number of aromatic amines is 1. The van der Waals surface area contributed by atoms with Gasteiger partial charge in [0.25, 0.3) is 5.56 Å². The predicted molar refractivity (Wildman–Crippen MR) is 97.2 cm³/mol. The molecule has 0 spiro atoms. The molecule has 0 amide bonds. The third-order valence-corrected chi connectivity index (χ3v) is 5.19. The number of nitrogens with zero attached hydrogens (tertiary/aromatic N) is 4. The fourth-order valence-electron chi connectivity index (χ4n) is 3.96. The van der Waals surface area contributed by atoms with Crippen molar-refractivity contribution in [3.05, 3.63) is 40.4 Å². The van der Waals surface area contributed by atoms with E-state index < -0.39 is 0 Å². The van der Waals surface area contributed by atoms with Crippen molar-refractivity contribution in [3.8, 4) is 0 Å². The van der Waals surface area contributed by atoms with Gasteiger partial charge in [-0.25, -0.2) is 0 Å². The number of hydrogen-bond acceptors (Lipinski definition) is 5. The van der Waals surface area contributed by atoms with Crippen LogP contribution in [-0.4, -0.2) is 47.1 Å². The molecule has 2 fully saturated rings. The second kappa shape index (κ2) is 6.55. The SMILES string of the molecule is C[C@@H]1COCCN1c1cc(N2CCC[C@@H]2c2cnn(C)c2)[nH]c(=O)c1. The minimum absolute atomic E-state index is 0.0528. The Hall–Kier alpha value is -2.28. The van der Waals surface area contributed by atoms with E-state index in [1.807, 2.05) is 17.9 Å². The molecule has 7 heteroatoms. The minimum Gasteiger partial charge on any atom is -0.377 e. The van der Waals surface area contributed by atoms with Crippen LogP contribution < -0.4 is 15.4 Å². The molecule has 4 heterocycles. The Kier molecular flexibility index (Phi) is 4.25. The molecule has 2 aromatic heterocycles. The summed E-state index contributed by atoms with van der Waals surface area (Å²) in [5.74, 6) is 0.896. The van der Waals surface area contributed by atoms with Crippen molar-refractivity contribution in [2.75, 3.05) is 36.1 Å². The zero-order valence-electron chi connectivity index (χ0n) is 14.8. The van der Waals surface area contributed by atoms with Gasteiger partial charge in [0, 0.05) is 55.8 Å². The lowest BCUT2D eigenvalue weighted by Gasteiger charge is -2.36. The molecular formula is C18H25N5O2. The molecule has 2 saturated heterocycles. The number of morpholine rings is 1. The average molecular weight is 343 g/mol. The summed E-state index contributed by atoms with van der Waals surface area (Å²) in [7, 11) is 1.94. The van der Waals surface area contributed by atoms with Gasteiger partial charge in [-0.2, -0.15) is 5.10 Å². The molecule has 4 rings (SSSR count). The summed E-state index contributed by atoms with van der Waals surface area (Å²) in [5, 5.41) is 4.30. The van der Waals surface area contributed by atoms with Gasteiger partial charge in [-0.3, -0.25) is 9.48 Å². The lowest BCUT2D eigenvalue weighted by Crippen LogP contribution is -2.44. The molecule has 1 N–H and O–H groups in total. The fraction of sp³-hybridized carbons (Fsp3) is 0.556. The highest BCUT2D eigenvalue weighted by Gasteiger charge is 2.29. The summed E-state index contributed by atoms with van der Waals surface area (Å²) in [4.78, 5) is 19.9. The molecule has 134 valence electrons. The van der Waals surface area contributed by atoms with Crippen LogP contribution in [0.2, 0.25) is 0 Å². The lowest BCUT2D eigenvalue weighted by molar-refractivity contribution is 0.0989. The van der Waals surface area contributed by atoms with E-state index in [9.17, 15) is 4.79 Å². The van der Waals surface area contributed by atoms with Gasteiger partial charge < -0.3 is 19.5 Å². The Morgan fingerprint density at radius 1 is 1.28 bits per heavy atom. The molecule has 2 aliphatic rings. The van der Waals surface area contributed by atoms with Gasteiger partial charge in [0.2, 0.25) is 0 Å². The normalized spacial score (nSPS) is 24.1. The molecule has 7 nitrogen and oxygen atoms in total. The Labute approximate surface area is 147 Å². The molecule has 0 saturated carbocycles. The van der Waals surface area contributed by atoms with Crippen LogP contribution in [-0.2, 0) is 11.8 Å². The fourth-order valence-corrected chi connectivity index (χ4v) is 3.96. The Morgan fingerprint density at radius 2 is 2.16 bits per heavy atom. The van der Waals surface area contributed by atoms with Gasteiger partial charge in [-0.05, 0) is 19.8 Å². The van der Waals surface area contributed by atoms with Crippen molar-refractivity contribution < 1.29 is 4.74 Å². The van der Waals surface area contributed by atoms with Crippen LogP contribution in [0.5, 0.6) is 0 Å². The predicted octanol–water partition coefficient (Wildman–Crippen LogP) is 1.67. The van der Waals surface area contributed by atoms with Gasteiger partial charge in [-0.1, -0.05) is 0 Å². The van der Waals surface area contributed by atoms with Crippen molar-refractivity contribution >= 4 is 11.5 Å². The molecule has 0 unspecified atom stereocenters. The number of aryl methyl sites for hydroxylation is 1. The first kappa shape index (κ1) is 16.2. The standard InChI is InChI=1S/C18H25N5O2/c1-13-12-25-7-6-22(13)15-8-17(20-18(24)9-15)23-5-3-4-16(23)14-10-19-21(2)11-14/h8-11,13,16H,3-7,12H2,1-2H3,(H,20,24)/t13-,16-/m1/s1. The number of aromatic nitrogens is 3. The molecule has 25 heavy (non-hydrogen) atoms. The van der Waals surface area contributed by atoms with E-state index in [1.54, 1.807) is 6.07 Å². The first-order chi connectivity index (χ1) is 12.1. The molecule has 2 atom stereocenters. The lowest BCUT2D eigenvalue weighted by atomic mass is 10.1. The quantitative estimate of drug-likeness (QED) is 0.918. The smallest absolute Gasteiger partial charge is 0.251 e. The van der Waals surface area contributed by atoms with E-state index in [0.29, 0.717) is 13.2 Å². The summed E-state index contributed by atoms with van der Waals surface area (Å²) in [6.45, 7) is 5.29. The zero-order chi connectivity index (χ0) is 17.4. The van der Waals surface area contributed by atoms with Gasteiger partial charge in [0.05, 0.1) is 25.5 Å². The first-order valence-electron chi connectivity index (χ1n) is 8.96. The van der Waals surface area contributed by atoms with Crippen LogP contribution in [0.25, 0.3) is 0 Å².